The Morgan fingerprint density at radius 1 is 0.933 bits per heavy atom. The number of fused-ring (bicyclic) bond motifs is 1. The molecule has 0 heterocycles. The lowest BCUT2D eigenvalue weighted by molar-refractivity contribution is 1.71. The van der Waals surface area contributed by atoms with E-state index in [4.69, 9.17) is 0 Å². The number of hydrogen-bond acceptors (Lipinski definition) is 0. The van der Waals surface area contributed by atoms with E-state index in [1.165, 1.54) is 16.3 Å². The van der Waals surface area contributed by atoms with E-state index >= 15 is 0 Å². The van der Waals surface area contributed by atoms with Gasteiger partial charge in [0.05, 0.1) is 0 Å². The summed E-state index contributed by atoms with van der Waals surface area (Å²) >= 11 is 7.06. The average Bonchev–Trinajstić information content (AvgIpc) is 2.26. The summed E-state index contributed by atoms with van der Waals surface area (Å²) in [6.45, 7) is 0. The summed E-state index contributed by atoms with van der Waals surface area (Å²) in [5, 5.41) is 2.59. The first kappa shape index (κ1) is 11.1. The van der Waals surface area contributed by atoms with Gasteiger partial charge < -0.3 is 0 Å². The number of rotatable bonds is 2. The quantitative estimate of drug-likeness (QED) is 0.550. The van der Waals surface area contributed by atoms with Crippen molar-refractivity contribution in [1.29, 1.82) is 0 Å². The Labute approximate surface area is 107 Å². The molecule has 0 aliphatic heterocycles. The standard InChI is InChI=1S/C12H9Br2Si/c13-15(14)9-8-11-6-3-5-10-4-1-2-7-12(10)11/h1-9H. The number of hydrogen-bond donors (Lipinski definition) is 0. The Kier molecular flexibility index (Phi) is 3.78. The van der Waals surface area contributed by atoms with E-state index in [-0.39, 0.29) is 0 Å². The van der Waals surface area contributed by atoms with Crippen LogP contribution in [0.1, 0.15) is 5.56 Å². The van der Waals surface area contributed by atoms with E-state index in [9.17, 15) is 0 Å². The molecule has 0 fully saturated rings. The van der Waals surface area contributed by atoms with Gasteiger partial charge in [-0.1, -0.05) is 54.2 Å². The molecule has 0 amide bonds. The topological polar surface area (TPSA) is 0 Å². The van der Waals surface area contributed by atoms with Crippen molar-refractivity contribution in [3.8, 4) is 0 Å². The van der Waals surface area contributed by atoms with Crippen molar-refractivity contribution < 1.29 is 0 Å². The zero-order valence-corrected chi connectivity index (χ0v) is 12.1. The molecule has 0 N–H and O–H groups in total. The number of benzene rings is 2. The van der Waals surface area contributed by atoms with Crippen molar-refractivity contribution >= 4 is 53.5 Å². The van der Waals surface area contributed by atoms with E-state index in [0.717, 1.165) is 0 Å². The van der Waals surface area contributed by atoms with E-state index in [2.05, 4.69) is 84.8 Å². The van der Waals surface area contributed by atoms with Crippen LogP contribution in [0.4, 0.5) is 0 Å². The molecule has 0 saturated carbocycles. The molecule has 75 valence electrons. The van der Waals surface area contributed by atoms with Gasteiger partial charge in [0.15, 0.2) is 0 Å². The summed E-state index contributed by atoms with van der Waals surface area (Å²) in [5.41, 5.74) is 3.45. The maximum absolute atomic E-state index is 3.53. The Bertz CT molecular complexity index is 486. The minimum absolute atomic E-state index is 0.656. The van der Waals surface area contributed by atoms with Crippen LogP contribution in [0.3, 0.4) is 0 Å². The molecule has 0 aliphatic carbocycles. The van der Waals surface area contributed by atoms with Gasteiger partial charge in [-0.25, -0.2) is 0 Å². The fourth-order valence-corrected chi connectivity index (χ4v) is 2.65. The lowest BCUT2D eigenvalue weighted by Crippen LogP contribution is -1.83. The van der Waals surface area contributed by atoms with Gasteiger partial charge in [0.25, 0.3) is 0 Å². The molecule has 15 heavy (non-hydrogen) atoms. The van der Waals surface area contributed by atoms with Crippen LogP contribution in [0.5, 0.6) is 0 Å². The van der Waals surface area contributed by atoms with Crippen LogP contribution >= 0.6 is 30.6 Å². The van der Waals surface area contributed by atoms with E-state index < -0.39 is 6.04 Å². The molecular formula is C12H9Br2Si. The predicted octanol–water partition coefficient (Wildman–Crippen LogP) is 4.67. The second kappa shape index (κ2) is 5.10. The Morgan fingerprint density at radius 3 is 2.47 bits per heavy atom. The fraction of sp³-hybridized carbons (Fsp3) is 0. The molecule has 0 unspecified atom stereocenters. The summed E-state index contributed by atoms with van der Waals surface area (Å²) in [6.07, 6.45) is 2.17. The van der Waals surface area contributed by atoms with Crippen molar-refractivity contribution in [2.45, 2.75) is 0 Å². The van der Waals surface area contributed by atoms with Crippen LogP contribution < -0.4 is 0 Å². The minimum atomic E-state index is -0.656. The van der Waals surface area contributed by atoms with Crippen molar-refractivity contribution in [1.82, 2.24) is 0 Å². The maximum Gasteiger partial charge on any atom is 0.241 e. The lowest BCUT2D eigenvalue weighted by Gasteiger charge is -2.01. The van der Waals surface area contributed by atoms with E-state index in [1.807, 2.05) is 0 Å². The highest BCUT2D eigenvalue weighted by Gasteiger charge is 1.98. The van der Waals surface area contributed by atoms with E-state index in [0.29, 0.717) is 0 Å². The van der Waals surface area contributed by atoms with Crippen LogP contribution in [0.2, 0.25) is 0 Å². The summed E-state index contributed by atoms with van der Waals surface area (Å²) in [4.78, 5) is 0. The summed E-state index contributed by atoms with van der Waals surface area (Å²) in [7, 11) is 0. The monoisotopic (exact) mass is 339 g/mol. The Hall–Kier alpha value is -0.383. The molecule has 0 nitrogen and oxygen atoms in total. The van der Waals surface area contributed by atoms with Gasteiger partial charge in [-0.15, -0.1) is 30.6 Å². The lowest BCUT2D eigenvalue weighted by atomic mass is 10.1. The first-order valence-electron chi connectivity index (χ1n) is 4.61. The molecular weight excluding hydrogens is 332 g/mol. The molecule has 3 heteroatoms. The van der Waals surface area contributed by atoms with Crippen molar-refractivity contribution in [2.24, 2.45) is 0 Å². The summed E-state index contributed by atoms with van der Waals surface area (Å²) in [5.74, 6) is 0. The molecule has 2 aromatic carbocycles. The van der Waals surface area contributed by atoms with Crippen molar-refractivity contribution in [3.63, 3.8) is 0 Å². The predicted molar refractivity (Wildman–Crippen MR) is 76.6 cm³/mol. The second-order valence-electron chi connectivity index (χ2n) is 3.19. The van der Waals surface area contributed by atoms with Crippen LogP contribution in [0.25, 0.3) is 16.8 Å². The Morgan fingerprint density at radius 2 is 1.67 bits per heavy atom. The van der Waals surface area contributed by atoms with Crippen LogP contribution in [-0.4, -0.2) is 6.04 Å². The minimum Gasteiger partial charge on any atom is -0.107 e. The third-order valence-corrected chi connectivity index (χ3v) is 4.22. The van der Waals surface area contributed by atoms with Gasteiger partial charge in [-0.05, 0) is 16.3 Å². The van der Waals surface area contributed by atoms with Gasteiger partial charge in [-0.3, -0.25) is 0 Å². The highest BCUT2D eigenvalue weighted by Crippen LogP contribution is 2.20. The normalized spacial score (nSPS) is 11.7. The van der Waals surface area contributed by atoms with Gasteiger partial charge in [-0.2, -0.15) is 0 Å². The van der Waals surface area contributed by atoms with Gasteiger partial charge in [0.2, 0.25) is 6.04 Å². The summed E-state index contributed by atoms with van der Waals surface area (Å²) in [6, 6.07) is 14.2. The smallest absolute Gasteiger partial charge is 0.107 e. The van der Waals surface area contributed by atoms with Crippen molar-refractivity contribution in [2.75, 3.05) is 0 Å². The molecule has 0 aromatic heterocycles. The molecule has 0 aliphatic rings. The largest absolute Gasteiger partial charge is 0.241 e. The van der Waals surface area contributed by atoms with Crippen LogP contribution in [0, 0.1) is 0 Å². The molecule has 0 saturated heterocycles. The molecule has 1 radical (unpaired) electrons. The molecule has 2 aromatic rings. The summed E-state index contributed by atoms with van der Waals surface area (Å²) < 4.78 is 0. The first-order chi connectivity index (χ1) is 7.27. The van der Waals surface area contributed by atoms with Gasteiger partial charge >= 0.3 is 0 Å². The van der Waals surface area contributed by atoms with Gasteiger partial charge in [0.1, 0.15) is 0 Å². The highest BCUT2D eigenvalue weighted by atomic mass is 79.9. The highest BCUT2D eigenvalue weighted by molar-refractivity contribution is 9.49. The fourth-order valence-electron chi connectivity index (χ4n) is 1.55. The van der Waals surface area contributed by atoms with Crippen molar-refractivity contribution in [3.05, 3.63) is 53.7 Å². The zero-order chi connectivity index (χ0) is 10.7. The zero-order valence-electron chi connectivity index (χ0n) is 7.95. The van der Waals surface area contributed by atoms with Crippen LogP contribution in [0.15, 0.2) is 48.2 Å². The average molecular weight is 341 g/mol. The molecule has 2 rings (SSSR count). The SMILES string of the molecule is Br[Si](Br)C=Cc1cccc2ccccc12. The third-order valence-electron chi connectivity index (χ3n) is 2.21. The molecule has 0 spiro atoms. The maximum atomic E-state index is 3.53. The van der Waals surface area contributed by atoms with Crippen LogP contribution in [-0.2, 0) is 0 Å². The van der Waals surface area contributed by atoms with Gasteiger partial charge in [0, 0.05) is 0 Å². The third kappa shape index (κ3) is 2.80. The van der Waals surface area contributed by atoms with E-state index in [1.54, 1.807) is 0 Å². The first-order valence-corrected chi connectivity index (χ1v) is 10.7. The molecule has 0 bridgehead atoms. The number of halogens is 2. The second-order valence-corrected chi connectivity index (χ2v) is 12.4. The molecule has 0 atom stereocenters. The Balaban J connectivity index is 2.51.